The molecule has 2 aromatic rings. The number of benzene rings is 2. The number of aryl methyl sites for hydroxylation is 1. The van der Waals surface area contributed by atoms with Crippen molar-refractivity contribution >= 4 is 17.6 Å². The summed E-state index contributed by atoms with van der Waals surface area (Å²) >= 11 is 0. The van der Waals surface area contributed by atoms with Crippen LogP contribution in [0.2, 0.25) is 0 Å². The van der Waals surface area contributed by atoms with E-state index in [2.05, 4.69) is 0 Å². The van der Waals surface area contributed by atoms with E-state index in [4.69, 9.17) is 14.2 Å². The quantitative estimate of drug-likeness (QED) is 0.513. The summed E-state index contributed by atoms with van der Waals surface area (Å²) in [4.78, 5) is 42.2. The number of nitrogens with zero attached hydrogens (tertiary/aromatic N) is 2. The highest BCUT2D eigenvalue weighted by molar-refractivity contribution is 5.98. The fraction of sp³-hybridized carbons (Fsp3) is 0.500. The normalized spacial score (nSPS) is 18.2. The molecule has 8 heteroatoms. The van der Waals surface area contributed by atoms with Crippen LogP contribution >= 0.6 is 0 Å². The van der Waals surface area contributed by atoms with Crippen LogP contribution in [0.4, 0.5) is 0 Å². The van der Waals surface area contributed by atoms with Crippen molar-refractivity contribution in [2.75, 3.05) is 46.0 Å². The van der Waals surface area contributed by atoms with Gasteiger partial charge in [-0.15, -0.1) is 0 Å². The predicted octanol–water partition coefficient (Wildman–Crippen LogP) is 4.04. The van der Waals surface area contributed by atoms with Crippen molar-refractivity contribution in [3.8, 4) is 17.2 Å². The molecular weight excluding hydrogens is 484 g/mol. The number of amides is 2. The van der Waals surface area contributed by atoms with Gasteiger partial charge >= 0.3 is 0 Å². The molecule has 0 radical (unpaired) electrons. The third kappa shape index (κ3) is 5.95. The van der Waals surface area contributed by atoms with Gasteiger partial charge < -0.3 is 24.0 Å². The molecule has 0 saturated carbocycles. The molecule has 2 amide bonds. The molecule has 3 heterocycles. The van der Waals surface area contributed by atoms with Crippen LogP contribution < -0.4 is 14.2 Å². The van der Waals surface area contributed by atoms with Gasteiger partial charge in [0.05, 0.1) is 13.2 Å². The van der Waals surface area contributed by atoms with Crippen LogP contribution in [0.3, 0.4) is 0 Å². The molecule has 2 fully saturated rings. The molecule has 0 bridgehead atoms. The number of carbonyl (C=O) groups excluding carboxylic acids is 3. The minimum atomic E-state index is -0.0670. The molecular formula is C30H36N2O6. The van der Waals surface area contributed by atoms with Gasteiger partial charge in [-0.3, -0.25) is 14.4 Å². The second-order valence-corrected chi connectivity index (χ2v) is 10.6. The lowest BCUT2D eigenvalue weighted by atomic mass is 9.78. The lowest BCUT2D eigenvalue weighted by molar-refractivity contribution is -0.136. The first-order valence-corrected chi connectivity index (χ1v) is 13.6. The van der Waals surface area contributed by atoms with Gasteiger partial charge in [0.25, 0.3) is 5.91 Å². The minimum absolute atomic E-state index is 0.00214. The van der Waals surface area contributed by atoms with Gasteiger partial charge in [0.15, 0.2) is 23.9 Å². The smallest absolute Gasteiger partial charge is 0.260 e. The number of para-hydroxylation sites is 1. The van der Waals surface area contributed by atoms with Gasteiger partial charge in [-0.1, -0.05) is 18.2 Å². The van der Waals surface area contributed by atoms with Crippen LogP contribution in [0.5, 0.6) is 17.2 Å². The largest absolute Gasteiger partial charge is 0.490 e. The third-order valence-electron chi connectivity index (χ3n) is 8.05. The minimum Gasteiger partial charge on any atom is -0.490 e. The monoisotopic (exact) mass is 520 g/mol. The van der Waals surface area contributed by atoms with Crippen molar-refractivity contribution in [3.05, 3.63) is 53.6 Å². The van der Waals surface area contributed by atoms with Crippen LogP contribution in [0.15, 0.2) is 42.5 Å². The van der Waals surface area contributed by atoms with Crippen molar-refractivity contribution in [1.82, 2.24) is 9.80 Å². The summed E-state index contributed by atoms with van der Waals surface area (Å²) in [6.07, 6.45) is 3.87. The highest BCUT2D eigenvalue weighted by Crippen LogP contribution is 2.40. The summed E-state index contributed by atoms with van der Waals surface area (Å²) < 4.78 is 17.1. The lowest BCUT2D eigenvalue weighted by Gasteiger charge is -2.39. The molecule has 2 aromatic carbocycles. The van der Waals surface area contributed by atoms with E-state index in [9.17, 15) is 14.4 Å². The Morgan fingerprint density at radius 1 is 0.868 bits per heavy atom. The number of Topliss-reactive ketones (excluding diaryl/α,β-unsaturated/α-hetero) is 1. The van der Waals surface area contributed by atoms with Crippen molar-refractivity contribution in [2.24, 2.45) is 5.41 Å². The summed E-state index contributed by atoms with van der Waals surface area (Å²) in [6.45, 7) is 5.94. The van der Waals surface area contributed by atoms with E-state index >= 15 is 0 Å². The van der Waals surface area contributed by atoms with Gasteiger partial charge in [-0.05, 0) is 61.4 Å². The second kappa shape index (κ2) is 11.5. The molecule has 3 aliphatic heterocycles. The Morgan fingerprint density at radius 2 is 1.58 bits per heavy atom. The van der Waals surface area contributed by atoms with Crippen molar-refractivity contribution in [3.63, 3.8) is 0 Å². The topological polar surface area (TPSA) is 85.4 Å². The Morgan fingerprint density at radius 3 is 2.34 bits per heavy atom. The number of hydrogen-bond acceptors (Lipinski definition) is 6. The Balaban J connectivity index is 1.07. The van der Waals surface area contributed by atoms with Gasteiger partial charge in [0.2, 0.25) is 5.91 Å². The fourth-order valence-corrected chi connectivity index (χ4v) is 5.60. The lowest BCUT2D eigenvalue weighted by Crippen LogP contribution is -2.46. The number of fused-ring (bicyclic) bond motifs is 1. The molecule has 0 atom stereocenters. The number of carbonyl (C=O) groups is 3. The maximum absolute atomic E-state index is 13.0. The number of hydrogen-bond donors (Lipinski definition) is 0. The van der Waals surface area contributed by atoms with Crippen LogP contribution in [0.25, 0.3) is 0 Å². The first-order chi connectivity index (χ1) is 18.4. The van der Waals surface area contributed by atoms with Crippen LogP contribution in [0.1, 0.15) is 54.4 Å². The summed E-state index contributed by atoms with van der Waals surface area (Å²) in [5.74, 6) is 1.94. The fourth-order valence-electron chi connectivity index (χ4n) is 5.60. The average molecular weight is 521 g/mol. The van der Waals surface area contributed by atoms with E-state index in [0.717, 1.165) is 37.0 Å². The summed E-state index contributed by atoms with van der Waals surface area (Å²) in [6, 6.07) is 12.9. The Hall–Kier alpha value is -3.55. The summed E-state index contributed by atoms with van der Waals surface area (Å²) in [5, 5.41) is 0. The first-order valence-electron chi connectivity index (χ1n) is 13.6. The highest BCUT2D eigenvalue weighted by atomic mass is 16.5. The van der Waals surface area contributed by atoms with E-state index in [1.54, 1.807) is 18.2 Å². The second-order valence-electron chi connectivity index (χ2n) is 10.6. The average Bonchev–Trinajstić information content (AvgIpc) is 3.19. The molecule has 8 nitrogen and oxygen atoms in total. The molecule has 5 rings (SSSR count). The van der Waals surface area contributed by atoms with Gasteiger partial charge in [-0.25, -0.2) is 0 Å². The zero-order valence-corrected chi connectivity index (χ0v) is 22.1. The van der Waals surface area contributed by atoms with Crippen molar-refractivity contribution in [1.29, 1.82) is 0 Å². The SMILES string of the molecule is Cc1ccccc1OCC(=O)N1CCC2(CC1)CCN(C(=O)CCC(=O)c1ccc3c(c1)OCCCO3)C2. The Kier molecular flexibility index (Phi) is 7.86. The Labute approximate surface area is 223 Å². The molecule has 0 N–H and O–H groups in total. The van der Waals surface area contributed by atoms with E-state index in [-0.39, 0.29) is 42.5 Å². The summed E-state index contributed by atoms with van der Waals surface area (Å²) in [5.41, 5.74) is 1.61. The van der Waals surface area contributed by atoms with Gasteiger partial charge in [0.1, 0.15) is 5.75 Å². The van der Waals surface area contributed by atoms with E-state index in [0.29, 0.717) is 56.5 Å². The highest BCUT2D eigenvalue weighted by Gasteiger charge is 2.42. The summed E-state index contributed by atoms with van der Waals surface area (Å²) in [7, 11) is 0. The number of ketones is 1. The van der Waals surface area contributed by atoms with Gasteiger partial charge in [-0.2, -0.15) is 0 Å². The Bertz CT molecular complexity index is 1190. The maximum atomic E-state index is 13.0. The van der Waals surface area contributed by atoms with E-state index in [1.807, 2.05) is 41.0 Å². The van der Waals surface area contributed by atoms with Crippen LogP contribution in [-0.4, -0.2) is 73.4 Å². The molecule has 38 heavy (non-hydrogen) atoms. The molecule has 1 spiro atoms. The van der Waals surface area contributed by atoms with Crippen molar-refractivity contribution in [2.45, 2.75) is 45.4 Å². The maximum Gasteiger partial charge on any atom is 0.260 e. The zero-order valence-electron chi connectivity index (χ0n) is 22.1. The predicted molar refractivity (Wildman–Crippen MR) is 142 cm³/mol. The molecule has 2 saturated heterocycles. The van der Waals surface area contributed by atoms with Crippen molar-refractivity contribution < 1.29 is 28.6 Å². The molecule has 0 aliphatic carbocycles. The first kappa shape index (κ1) is 26.1. The molecule has 3 aliphatic rings. The number of ether oxygens (including phenoxy) is 3. The third-order valence-corrected chi connectivity index (χ3v) is 8.05. The number of rotatable bonds is 7. The van der Waals surface area contributed by atoms with E-state index < -0.39 is 0 Å². The van der Waals surface area contributed by atoms with E-state index in [1.165, 1.54) is 0 Å². The zero-order chi connectivity index (χ0) is 26.5. The van der Waals surface area contributed by atoms with Gasteiger partial charge in [0, 0.05) is 51.0 Å². The number of piperidine rings is 1. The molecule has 202 valence electrons. The van der Waals surface area contributed by atoms with Crippen LogP contribution in [0, 0.1) is 12.3 Å². The number of likely N-dealkylation sites (tertiary alicyclic amines) is 2. The standard InChI is InChI=1S/C30H36N2O6/c1-22-5-2-3-6-25(22)38-20-29(35)31-14-11-30(12-15-31)13-16-32(21-30)28(34)10-8-24(33)23-7-9-26-27(19-23)37-18-4-17-36-26/h2-3,5-7,9,19H,4,8,10-18,20-21H2,1H3. The van der Waals surface area contributed by atoms with Crippen LogP contribution in [-0.2, 0) is 9.59 Å². The molecule has 0 unspecified atom stereocenters. The molecule has 0 aromatic heterocycles.